The standard InChI is InChI=1S/C12H14BrNO2/c1-8-4-5-10(9(13)7-8)14-12(15)11-3-2-6-16-11/h4-5,7,11H,2-3,6H2,1H3,(H,14,15)/t11-/m1/s1. The molecule has 1 fully saturated rings. The molecule has 1 aromatic carbocycles. The minimum atomic E-state index is -0.284. The van der Waals surface area contributed by atoms with E-state index in [0.717, 1.165) is 28.6 Å². The zero-order valence-corrected chi connectivity index (χ0v) is 10.7. The highest BCUT2D eigenvalue weighted by Crippen LogP contribution is 2.24. The minimum absolute atomic E-state index is 0.0537. The Labute approximate surface area is 103 Å². The maximum Gasteiger partial charge on any atom is 0.253 e. The molecule has 86 valence electrons. The monoisotopic (exact) mass is 283 g/mol. The molecule has 1 amide bonds. The topological polar surface area (TPSA) is 38.3 Å². The second-order valence-corrected chi connectivity index (χ2v) is 4.83. The molecule has 0 saturated carbocycles. The summed E-state index contributed by atoms with van der Waals surface area (Å²) in [6.45, 7) is 2.70. The Kier molecular flexibility index (Phi) is 3.61. The molecule has 0 radical (unpaired) electrons. The molecule has 1 saturated heterocycles. The summed E-state index contributed by atoms with van der Waals surface area (Å²) in [5.41, 5.74) is 1.95. The maximum atomic E-state index is 11.8. The highest BCUT2D eigenvalue weighted by Gasteiger charge is 2.23. The number of anilines is 1. The second kappa shape index (κ2) is 4.97. The maximum absolute atomic E-state index is 11.8. The molecule has 4 heteroatoms. The van der Waals surface area contributed by atoms with Crippen molar-refractivity contribution in [3.63, 3.8) is 0 Å². The Morgan fingerprint density at radius 3 is 3.00 bits per heavy atom. The first-order valence-corrected chi connectivity index (χ1v) is 6.15. The number of ether oxygens (including phenoxy) is 1. The van der Waals surface area contributed by atoms with E-state index in [1.54, 1.807) is 0 Å². The van der Waals surface area contributed by atoms with Crippen LogP contribution in [0.4, 0.5) is 5.69 Å². The number of aryl methyl sites for hydroxylation is 1. The minimum Gasteiger partial charge on any atom is -0.368 e. The Bertz CT molecular complexity index is 400. The van der Waals surface area contributed by atoms with Crippen molar-refractivity contribution >= 4 is 27.5 Å². The number of rotatable bonds is 2. The van der Waals surface area contributed by atoms with Crippen molar-refractivity contribution in [2.75, 3.05) is 11.9 Å². The van der Waals surface area contributed by atoms with Crippen LogP contribution in [0.25, 0.3) is 0 Å². The number of hydrogen-bond donors (Lipinski definition) is 1. The van der Waals surface area contributed by atoms with Crippen LogP contribution in [0.5, 0.6) is 0 Å². The number of nitrogens with one attached hydrogen (secondary N) is 1. The van der Waals surface area contributed by atoms with Crippen LogP contribution < -0.4 is 5.32 Å². The lowest BCUT2D eigenvalue weighted by molar-refractivity contribution is -0.124. The Morgan fingerprint density at radius 2 is 2.38 bits per heavy atom. The number of halogens is 1. The second-order valence-electron chi connectivity index (χ2n) is 3.97. The van der Waals surface area contributed by atoms with E-state index in [2.05, 4.69) is 21.2 Å². The third kappa shape index (κ3) is 2.62. The third-order valence-corrected chi connectivity index (χ3v) is 3.26. The number of benzene rings is 1. The predicted octanol–water partition coefficient (Wildman–Crippen LogP) is 2.88. The van der Waals surface area contributed by atoms with Crippen molar-refractivity contribution in [2.24, 2.45) is 0 Å². The van der Waals surface area contributed by atoms with Crippen molar-refractivity contribution in [1.29, 1.82) is 0 Å². The summed E-state index contributed by atoms with van der Waals surface area (Å²) in [7, 11) is 0. The molecule has 1 aliphatic rings. The molecule has 1 aliphatic heterocycles. The quantitative estimate of drug-likeness (QED) is 0.906. The average molecular weight is 284 g/mol. The summed E-state index contributed by atoms with van der Waals surface area (Å²) in [6.07, 6.45) is 1.50. The van der Waals surface area contributed by atoms with Gasteiger partial charge in [0.2, 0.25) is 0 Å². The SMILES string of the molecule is Cc1ccc(NC(=O)[C@H]2CCCO2)c(Br)c1. The van der Waals surface area contributed by atoms with Crippen LogP contribution >= 0.6 is 15.9 Å². The van der Waals surface area contributed by atoms with Gasteiger partial charge in [-0.15, -0.1) is 0 Å². The normalized spacial score (nSPS) is 19.8. The van der Waals surface area contributed by atoms with Crippen LogP contribution in [0.1, 0.15) is 18.4 Å². The van der Waals surface area contributed by atoms with Crippen molar-refractivity contribution in [3.8, 4) is 0 Å². The van der Waals surface area contributed by atoms with E-state index in [-0.39, 0.29) is 12.0 Å². The van der Waals surface area contributed by atoms with Crippen molar-refractivity contribution in [3.05, 3.63) is 28.2 Å². The van der Waals surface area contributed by atoms with Gasteiger partial charge in [0.25, 0.3) is 5.91 Å². The Hall–Kier alpha value is -0.870. The molecule has 2 rings (SSSR count). The fraction of sp³-hybridized carbons (Fsp3) is 0.417. The fourth-order valence-corrected chi connectivity index (χ4v) is 2.31. The van der Waals surface area contributed by atoms with Gasteiger partial charge in [-0.3, -0.25) is 4.79 Å². The highest BCUT2D eigenvalue weighted by atomic mass is 79.9. The van der Waals surface area contributed by atoms with Crippen LogP contribution in [0.3, 0.4) is 0 Å². The van der Waals surface area contributed by atoms with Crippen LogP contribution in [0.15, 0.2) is 22.7 Å². The molecule has 1 aromatic rings. The van der Waals surface area contributed by atoms with E-state index >= 15 is 0 Å². The summed E-state index contributed by atoms with van der Waals surface area (Å²) in [5, 5.41) is 2.87. The van der Waals surface area contributed by atoms with Gasteiger partial charge in [0.1, 0.15) is 6.10 Å². The van der Waals surface area contributed by atoms with Gasteiger partial charge >= 0.3 is 0 Å². The largest absolute Gasteiger partial charge is 0.368 e. The van der Waals surface area contributed by atoms with Crippen molar-refractivity contribution < 1.29 is 9.53 Å². The van der Waals surface area contributed by atoms with Gasteiger partial charge in [-0.25, -0.2) is 0 Å². The molecule has 1 heterocycles. The first-order chi connectivity index (χ1) is 7.66. The van der Waals surface area contributed by atoms with Gasteiger partial charge in [-0.05, 0) is 53.4 Å². The number of carbonyl (C=O) groups is 1. The third-order valence-electron chi connectivity index (χ3n) is 2.60. The van der Waals surface area contributed by atoms with E-state index in [0.29, 0.717) is 6.61 Å². The molecule has 3 nitrogen and oxygen atoms in total. The summed E-state index contributed by atoms with van der Waals surface area (Å²) >= 11 is 3.43. The van der Waals surface area contributed by atoms with Gasteiger partial charge in [-0.1, -0.05) is 6.07 Å². The highest BCUT2D eigenvalue weighted by molar-refractivity contribution is 9.10. The van der Waals surface area contributed by atoms with Crippen LogP contribution in [0.2, 0.25) is 0 Å². The molecular formula is C12H14BrNO2. The molecule has 1 N–H and O–H groups in total. The van der Waals surface area contributed by atoms with E-state index in [1.165, 1.54) is 0 Å². The zero-order chi connectivity index (χ0) is 11.5. The molecule has 0 aliphatic carbocycles. The van der Waals surface area contributed by atoms with E-state index in [4.69, 9.17) is 4.74 Å². The van der Waals surface area contributed by atoms with Gasteiger partial charge in [0, 0.05) is 11.1 Å². The molecule has 0 unspecified atom stereocenters. The first kappa shape index (κ1) is 11.6. The van der Waals surface area contributed by atoms with Crippen LogP contribution in [-0.2, 0) is 9.53 Å². The van der Waals surface area contributed by atoms with E-state index in [9.17, 15) is 4.79 Å². The van der Waals surface area contributed by atoms with E-state index < -0.39 is 0 Å². The molecule has 0 bridgehead atoms. The first-order valence-electron chi connectivity index (χ1n) is 5.35. The Balaban J connectivity index is 2.05. The van der Waals surface area contributed by atoms with Gasteiger partial charge in [0.15, 0.2) is 0 Å². The summed E-state index contributed by atoms with van der Waals surface area (Å²) in [5.74, 6) is -0.0537. The van der Waals surface area contributed by atoms with Gasteiger partial charge in [-0.2, -0.15) is 0 Å². The lowest BCUT2D eigenvalue weighted by atomic mass is 10.2. The predicted molar refractivity (Wildman–Crippen MR) is 66.5 cm³/mol. The smallest absolute Gasteiger partial charge is 0.253 e. The molecule has 0 aromatic heterocycles. The molecule has 0 spiro atoms. The van der Waals surface area contributed by atoms with Crippen molar-refractivity contribution in [1.82, 2.24) is 0 Å². The lowest BCUT2D eigenvalue weighted by Crippen LogP contribution is -2.26. The van der Waals surface area contributed by atoms with Gasteiger partial charge < -0.3 is 10.1 Å². The molecule has 16 heavy (non-hydrogen) atoms. The van der Waals surface area contributed by atoms with Crippen LogP contribution in [0, 0.1) is 6.92 Å². The van der Waals surface area contributed by atoms with Crippen molar-refractivity contribution in [2.45, 2.75) is 25.9 Å². The Morgan fingerprint density at radius 1 is 1.56 bits per heavy atom. The number of amides is 1. The molecule has 1 atom stereocenters. The summed E-state index contributed by atoms with van der Waals surface area (Å²) < 4.78 is 6.22. The number of carbonyl (C=O) groups excluding carboxylic acids is 1. The number of hydrogen-bond acceptors (Lipinski definition) is 2. The summed E-state index contributed by atoms with van der Waals surface area (Å²) in [6, 6.07) is 5.84. The zero-order valence-electron chi connectivity index (χ0n) is 9.13. The van der Waals surface area contributed by atoms with Gasteiger partial charge in [0.05, 0.1) is 5.69 Å². The summed E-state index contributed by atoms with van der Waals surface area (Å²) in [4.78, 5) is 11.8. The van der Waals surface area contributed by atoms with E-state index in [1.807, 2.05) is 25.1 Å². The van der Waals surface area contributed by atoms with Crippen LogP contribution in [-0.4, -0.2) is 18.6 Å². The fourth-order valence-electron chi connectivity index (χ4n) is 1.72. The lowest BCUT2D eigenvalue weighted by Gasteiger charge is -2.11. The molecular weight excluding hydrogens is 270 g/mol. The average Bonchev–Trinajstić information content (AvgIpc) is 2.75.